The molecule has 3 rings (SSSR count). The summed E-state index contributed by atoms with van der Waals surface area (Å²) in [5.41, 5.74) is 1.31. The first-order valence-electron chi connectivity index (χ1n) is 8.28. The summed E-state index contributed by atoms with van der Waals surface area (Å²) in [6, 6.07) is 14.7. The number of benzene rings is 2. The Hall–Kier alpha value is -3.22. The summed E-state index contributed by atoms with van der Waals surface area (Å²) in [6.07, 6.45) is 0.713. The highest BCUT2D eigenvalue weighted by Gasteiger charge is 2.13. The third-order valence-electron chi connectivity index (χ3n) is 4.24. The molecule has 26 heavy (non-hydrogen) atoms. The zero-order valence-corrected chi connectivity index (χ0v) is 14.8. The third-order valence-corrected chi connectivity index (χ3v) is 4.24. The number of methoxy groups -OCH3 is 1. The fourth-order valence-electron chi connectivity index (χ4n) is 2.59. The fraction of sp³-hybridized carbons (Fsp3) is 0.263. The molecule has 0 fully saturated rings. The predicted molar refractivity (Wildman–Crippen MR) is 98.1 cm³/mol. The molecule has 3 aromatic rings. The zero-order chi connectivity index (χ0) is 18.5. The average Bonchev–Trinajstić information content (AvgIpc) is 2.68. The van der Waals surface area contributed by atoms with Gasteiger partial charge in [-0.1, -0.05) is 29.5 Å². The average molecular weight is 352 g/mol. The third kappa shape index (κ3) is 3.88. The minimum atomic E-state index is -0.312. The summed E-state index contributed by atoms with van der Waals surface area (Å²) in [7, 11) is 3.34. The Kier molecular flexibility index (Phi) is 5.26. The Morgan fingerprint density at radius 3 is 2.62 bits per heavy atom. The molecule has 0 spiro atoms. The van der Waals surface area contributed by atoms with Crippen LogP contribution in [0.25, 0.3) is 10.9 Å². The number of aromatic nitrogens is 3. The second kappa shape index (κ2) is 7.77. The molecule has 134 valence electrons. The van der Waals surface area contributed by atoms with Gasteiger partial charge < -0.3 is 9.64 Å². The summed E-state index contributed by atoms with van der Waals surface area (Å²) in [5, 5.41) is 8.31. The van der Waals surface area contributed by atoms with Crippen molar-refractivity contribution in [3.8, 4) is 5.75 Å². The lowest BCUT2D eigenvalue weighted by Gasteiger charge is -2.17. The van der Waals surface area contributed by atoms with Crippen molar-refractivity contribution in [2.45, 2.75) is 13.0 Å². The van der Waals surface area contributed by atoms with E-state index < -0.39 is 0 Å². The van der Waals surface area contributed by atoms with E-state index in [0.717, 1.165) is 16.0 Å². The van der Waals surface area contributed by atoms with Gasteiger partial charge in [0.25, 0.3) is 5.56 Å². The summed E-state index contributed by atoms with van der Waals surface area (Å²) < 4.78 is 6.24. The molecular weight excluding hydrogens is 332 g/mol. The molecule has 0 N–H and O–H groups in total. The van der Waals surface area contributed by atoms with Crippen LogP contribution in [0.2, 0.25) is 0 Å². The van der Waals surface area contributed by atoms with Crippen LogP contribution < -0.4 is 10.3 Å². The lowest BCUT2D eigenvalue weighted by Crippen LogP contribution is -2.36. The number of ether oxygens (including phenoxy) is 1. The number of carbonyl (C=O) groups excluding carboxylic acids is 1. The Balaban J connectivity index is 1.63. The van der Waals surface area contributed by atoms with Crippen molar-refractivity contribution in [2.75, 3.05) is 20.7 Å². The van der Waals surface area contributed by atoms with Crippen LogP contribution in [0.5, 0.6) is 5.75 Å². The lowest BCUT2D eigenvalue weighted by atomic mass is 10.1. The fourth-order valence-corrected chi connectivity index (χ4v) is 2.59. The molecule has 0 aliphatic carbocycles. The normalized spacial score (nSPS) is 10.7. The van der Waals surface area contributed by atoms with E-state index in [1.807, 2.05) is 24.3 Å². The number of amides is 1. The highest BCUT2D eigenvalue weighted by Crippen LogP contribution is 2.12. The van der Waals surface area contributed by atoms with E-state index in [1.165, 1.54) is 0 Å². The number of fused-ring (bicyclic) bond motifs is 1. The monoisotopic (exact) mass is 352 g/mol. The Morgan fingerprint density at radius 2 is 1.88 bits per heavy atom. The van der Waals surface area contributed by atoms with Crippen molar-refractivity contribution >= 4 is 16.8 Å². The Labute approximate surface area is 150 Å². The minimum Gasteiger partial charge on any atom is -0.497 e. The van der Waals surface area contributed by atoms with Crippen LogP contribution in [0.3, 0.4) is 0 Å². The van der Waals surface area contributed by atoms with Gasteiger partial charge in [0.05, 0.1) is 12.5 Å². The maximum atomic E-state index is 12.4. The first kappa shape index (κ1) is 17.6. The van der Waals surface area contributed by atoms with E-state index in [2.05, 4.69) is 10.3 Å². The first-order valence-corrected chi connectivity index (χ1v) is 8.28. The van der Waals surface area contributed by atoms with E-state index in [4.69, 9.17) is 4.74 Å². The van der Waals surface area contributed by atoms with Crippen molar-refractivity contribution in [1.29, 1.82) is 0 Å². The van der Waals surface area contributed by atoms with Crippen molar-refractivity contribution in [3.63, 3.8) is 0 Å². The second-order valence-corrected chi connectivity index (χ2v) is 5.98. The summed E-state index contributed by atoms with van der Waals surface area (Å²) in [6.45, 7) is 0.413. The number of nitrogens with zero attached hydrogens (tertiary/aromatic N) is 4. The van der Waals surface area contributed by atoms with E-state index in [0.29, 0.717) is 23.9 Å². The van der Waals surface area contributed by atoms with Crippen LogP contribution in [0.15, 0.2) is 53.3 Å². The number of hydrogen-bond acceptors (Lipinski definition) is 5. The number of hydrogen-bond donors (Lipinski definition) is 0. The molecule has 0 unspecified atom stereocenters. The molecule has 0 saturated heterocycles. The molecule has 0 bridgehead atoms. The molecule has 1 aromatic heterocycles. The van der Waals surface area contributed by atoms with Gasteiger partial charge in [-0.25, -0.2) is 4.68 Å². The summed E-state index contributed by atoms with van der Waals surface area (Å²) in [5.74, 6) is 0.609. The highest BCUT2D eigenvalue weighted by molar-refractivity contribution is 5.78. The molecular formula is C19H20N4O3. The van der Waals surface area contributed by atoms with Gasteiger partial charge >= 0.3 is 0 Å². The predicted octanol–water partition coefficient (Wildman–Crippen LogP) is 1.50. The SMILES string of the molecule is COc1ccc(CCN(C)C(=O)Cn2nnc3ccccc3c2=O)cc1. The number of likely N-dealkylation sites (N-methyl/N-ethyl adjacent to an activating group) is 1. The van der Waals surface area contributed by atoms with Crippen LogP contribution in [-0.2, 0) is 17.8 Å². The van der Waals surface area contributed by atoms with Gasteiger partial charge in [0.15, 0.2) is 0 Å². The molecule has 1 heterocycles. The van der Waals surface area contributed by atoms with E-state index in [9.17, 15) is 9.59 Å². The topological polar surface area (TPSA) is 77.3 Å². The first-order chi connectivity index (χ1) is 12.6. The number of carbonyl (C=O) groups is 1. The molecule has 0 radical (unpaired) electrons. The minimum absolute atomic E-state index is 0.129. The standard InChI is InChI=1S/C19H20N4O3/c1-22(12-11-14-7-9-15(26-2)10-8-14)18(24)13-23-19(25)16-5-3-4-6-17(16)20-21-23/h3-10H,11-13H2,1-2H3. The molecule has 7 heteroatoms. The lowest BCUT2D eigenvalue weighted by molar-refractivity contribution is -0.130. The van der Waals surface area contributed by atoms with Crippen LogP contribution in [0, 0.1) is 0 Å². The molecule has 7 nitrogen and oxygen atoms in total. The number of rotatable bonds is 6. The smallest absolute Gasteiger partial charge is 0.278 e. The quantitative estimate of drug-likeness (QED) is 0.672. The van der Waals surface area contributed by atoms with Crippen molar-refractivity contribution in [3.05, 3.63) is 64.4 Å². The summed E-state index contributed by atoms with van der Waals surface area (Å²) in [4.78, 5) is 26.4. The maximum Gasteiger partial charge on any atom is 0.278 e. The summed E-state index contributed by atoms with van der Waals surface area (Å²) >= 11 is 0. The van der Waals surface area contributed by atoms with E-state index in [1.54, 1.807) is 43.3 Å². The van der Waals surface area contributed by atoms with Gasteiger partial charge in [-0.15, -0.1) is 5.10 Å². The van der Waals surface area contributed by atoms with E-state index in [-0.39, 0.29) is 18.0 Å². The van der Waals surface area contributed by atoms with Crippen molar-refractivity contribution in [1.82, 2.24) is 19.9 Å². The molecule has 0 saturated carbocycles. The van der Waals surface area contributed by atoms with Gasteiger partial charge in [-0.05, 0) is 36.2 Å². The van der Waals surface area contributed by atoms with Crippen molar-refractivity contribution in [2.24, 2.45) is 0 Å². The largest absolute Gasteiger partial charge is 0.497 e. The Bertz CT molecular complexity index is 966. The van der Waals surface area contributed by atoms with Crippen LogP contribution in [0.4, 0.5) is 0 Å². The van der Waals surface area contributed by atoms with Gasteiger partial charge in [-0.2, -0.15) is 0 Å². The van der Waals surface area contributed by atoms with Gasteiger partial charge in [0.1, 0.15) is 17.8 Å². The van der Waals surface area contributed by atoms with Gasteiger partial charge in [-0.3, -0.25) is 9.59 Å². The Morgan fingerprint density at radius 1 is 1.15 bits per heavy atom. The molecule has 0 atom stereocenters. The van der Waals surface area contributed by atoms with Crippen LogP contribution >= 0.6 is 0 Å². The zero-order valence-electron chi connectivity index (χ0n) is 14.8. The maximum absolute atomic E-state index is 12.4. The van der Waals surface area contributed by atoms with E-state index >= 15 is 0 Å². The highest BCUT2D eigenvalue weighted by atomic mass is 16.5. The molecule has 2 aromatic carbocycles. The van der Waals surface area contributed by atoms with Crippen LogP contribution in [0.1, 0.15) is 5.56 Å². The molecule has 1 amide bonds. The van der Waals surface area contributed by atoms with Crippen molar-refractivity contribution < 1.29 is 9.53 Å². The molecule has 0 aliphatic heterocycles. The van der Waals surface area contributed by atoms with Gasteiger partial charge in [0, 0.05) is 13.6 Å². The molecule has 0 aliphatic rings. The van der Waals surface area contributed by atoms with Crippen LogP contribution in [-0.4, -0.2) is 46.5 Å². The second-order valence-electron chi connectivity index (χ2n) is 5.98. The van der Waals surface area contributed by atoms with Gasteiger partial charge in [0.2, 0.25) is 5.91 Å².